The zero-order valence-corrected chi connectivity index (χ0v) is 14.8. The first kappa shape index (κ1) is 16.3. The third-order valence-corrected chi connectivity index (χ3v) is 6.09. The van der Waals surface area contributed by atoms with Crippen LogP contribution in [0.25, 0.3) is 0 Å². The molecule has 0 aliphatic carbocycles. The summed E-state index contributed by atoms with van der Waals surface area (Å²) in [6, 6.07) is 5.67. The lowest BCUT2D eigenvalue weighted by Crippen LogP contribution is -2.98. The Bertz CT molecular complexity index is 790. The molecule has 0 bridgehead atoms. The fourth-order valence-corrected chi connectivity index (χ4v) is 4.91. The minimum absolute atomic E-state index is 0.106. The van der Waals surface area contributed by atoms with Crippen molar-refractivity contribution in [3.63, 3.8) is 0 Å². The summed E-state index contributed by atoms with van der Waals surface area (Å²) in [4.78, 5) is 40.5. The van der Waals surface area contributed by atoms with Gasteiger partial charge in [0.15, 0.2) is 0 Å². The molecule has 0 unspecified atom stereocenters. The maximum atomic E-state index is 13.2. The number of nitrogens with two attached hydrogens (primary N) is 1. The van der Waals surface area contributed by atoms with Gasteiger partial charge in [0.1, 0.15) is 11.8 Å². The lowest BCUT2D eigenvalue weighted by molar-refractivity contribution is -0.730. The molecular weight excluding hydrogens is 318 g/mol. The fraction of sp³-hybridized carbons (Fsp3) is 0.526. The van der Waals surface area contributed by atoms with Crippen LogP contribution in [0.3, 0.4) is 0 Å². The molecule has 2 saturated heterocycles. The van der Waals surface area contributed by atoms with E-state index in [1.807, 2.05) is 44.3 Å². The molecule has 3 amide bonds. The van der Waals surface area contributed by atoms with Crippen LogP contribution in [0, 0.1) is 18.8 Å². The Morgan fingerprint density at radius 2 is 2.00 bits per heavy atom. The second-order valence-corrected chi connectivity index (χ2v) is 7.53. The van der Waals surface area contributed by atoms with Crippen molar-refractivity contribution in [2.45, 2.75) is 45.2 Å². The number of hydrogen-bond donors (Lipinski definition) is 2. The van der Waals surface area contributed by atoms with Gasteiger partial charge in [0, 0.05) is 12.1 Å². The molecule has 0 aromatic heterocycles. The molecular formula is C19H24N3O3+. The molecule has 6 heteroatoms. The molecule has 4 rings (SSSR count). The summed E-state index contributed by atoms with van der Waals surface area (Å²) in [5, 5.41) is 4.91. The Hall–Kier alpha value is -2.21. The Kier molecular flexibility index (Phi) is 3.51. The first-order valence-corrected chi connectivity index (χ1v) is 9.06. The molecule has 3 heterocycles. The smallest absolute Gasteiger partial charge is 0.291 e. The number of carbonyl (C=O) groups excluding carboxylic acids is 3. The minimum atomic E-state index is -1.01. The highest BCUT2D eigenvalue weighted by Crippen LogP contribution is 2.49. The molecule has 3 aliphatic rings. The van der Waals surface area contributed by atoms with Crippen LogP contribution in [0.5, 0.6) is 0 Å². The number of nitrogens with one attached hydrogen (secondary N) is 1. The van der Waals surface area contributed by atoms with E-state index in [0.717, 1.165) is 29.7 Å². The monoisotopic (exact) mass is 342 g/mol. The number of imide groups is 1. The topological polar surface area (TPSA) is 83.1 Å². The highest BCUT2D eigenvalue weighted by Gasteiger charge is 2.73. The van der Waals surface area contributed by atoms with Gasteiger partial charge in [-0.1, -0.05) is 31.5 Å². The Morgan fingerprint density at radius 1 is 1.24 bits per heavy atom. The van der Waals surface area contributed by atoms with Crippen molar-refractivity contribution in [1.29, 1.82) is 0 Å². The number of hydrogen-bond acceptors (Lipinski definition) is 3. The number of rotatable bonds is 3. The number of aryl methyl sites for hydroxylation is 1. The molecule has 3 aliphatic heterocycles. The number of unbranched alkanes of at least 4 members (excludes halogenated alkanes) is 1. The quantitative estimate of drug-likeness (QED) is 0.785. The van der Waals surface area contributed by atoms with E-state index in [9.17, 15) is 14.4 Å². The average molecular weight is 342 g/mol. The van der Waals surface area contributed by atoms with E-state index in [4.69, 9.17) is 0 Å². The second kappa shape index (κ2) is 5.39. The Balaban J connectivity index is 1.84. The molecule has 132 valence electrons. The van der Waals surface area contributed by atoms with Crippen molar-refractivity contribution in [2.24, 2.45) is 11.8 Å². The van der Waals surface area contributed by atoms with E-state index in [-0.39, 0.29) is 23.8 Å². The second-order valence-electron chi connectivity index (χ2n) is 7.53. The SMILES string of the molecule is CCCCN1C(=O)[C@H]2[C@@H](C1=O)[C@@]1([NH2+][C@@H]2C)C(=O)Nc2c(C)cccc21. The number of para-hydroxylation sites is 1. The van der Waals surface area contributed by atoms with Crippen LogP contribution in [0.4, 0.5) is 5.69 Å². The molecule has 6 nitrogen and oxygen atoms in total. The predicted molar refractivity (Wildman–Crippen MR) is 91.5 cm³/mol. The van der Waals surface area contributed by atoms with Gasteiger partial charge in [-0.25, -0.2) is 0 Å². The van der Waals surface area contributed by atoms with E-state index in [2.05, 4.69) is 5.32 Å². The van der Waals surface area contributed by atoms with Crippen molar-refractivity contribution in [3.8, 4) is 0 Å². The first-order valence-electron chi connectivity index (χ1n) is 9.06. The third kappa shape index (κ3) is 1.91. The number of anilines is 1. The van der Waals surface area contributed by atoms with Gasteiger partial charge in [-0.15, -0.1) is 0 Å². The van der Waals surface area contributed by atoms with Crippen molar-refractivity contribution < 1.29 is 19.7 Å². The van der Waals surface area contributed by atoms with Crippen LogP contribution in [-0.2, 0) is 19.9 Å². The molecule has 2 fully saturated rings. The zero-order valence-electron chi connectivity index (χ0n) is 14.8. The zero-order chi connectivity index (χ0) is 17.9. The fourth-order valence-electron chi connectivity index (χ4n) is 4.91. The van der Waals surface area contributed by atoms with E-state index in [0.29, 0.717) is 6.54 Å². The molecule has 25 heavy (non-hydrogen) atoms. The van der Waals surface area contributed by atoms with Gasteiger partial charge in [0.05, 0.1) is 11.7 Å². The molecule has 1 spiro atoms. The maximum Gasteiger partial charge on any atom is 0.291 e. The van der Waals surface area contributed by atoms with Gasteiger partial charge in [0.2, 0.25) is 17.4 Å². The highest BCUT2D eigenvalue weighted by molar-refractivity contribution is 6.14. The molecule has 3 N–H and O–H groups in total. The van der Waals surface area contributed by atoms with E-state index in [1.165, 1.54) is 4.90 Å². The van der Waals surface area contributed by atoms with Gasteiger partial charge in [-0.3, -0.25) is 19.3 Å². The number of amides is 3. The van der Waals surface area contributed by atoms with Gasteiger partial charge in [-0.05, 0) is 25.8 Å². The normalized spacial score (nSPS) is 33.2. The van der Waals surface area contributed by atoms with Gasteiger partial charge >= 0.3 is 0 Å². The molecule has 0 saturated carbocycles. The molecule has 1 aromatic carbocycles. The number of nitrogens with zero attached hydrogens (tertiary/aromatic N) is 1. The van der Waals surface area contributed by atoms with E-state index in [1.54, 1.807) is 0 Å². The van der Waals surface area contributed by atoms with Gasteiger partial charge in [-0.2, -0.15) is 0 Å². The molecule has 1 aromatic rings. The van der Waals surface area contributed by atoms with Crippen molar-refractivity contribution in [3.05, 3.63) is 29.3 Å². The highest BCUT2D eigenvalue weighted by atomic mass is 16.2. The van der Waals surface area contributed by atoms with Crippen molar-refractivity contribution in [1.82, 2.24) is 4.90 Å². The van der Waals surface area contributed by atoms with Gasteiger partial charge < -0.3 is 10.6 Å². The average Bonchev–Trinajstić information content (AvgIpc) is 3.13. The van der Waals surface area contributed by atoms with Crippen LogP contribution >= 0.6 is 0 Å². The van der Waals surface area contributed by atoms with Crippen molar-refractivity contribution >= 4 is 23.4 Å². The van der Waals surface area contributed by atoms with Crippen LogP contribution in [0.1, 0.15) is 37.8 Å². The number of carbonyl (C=O) groups is 3. The summed E-state index contributed by atoms with van der Waals surface area (Å²) in [6.45, 7) is 6.38. The standard InChI is InChI=1S/C19H23N3O3/c1-4-5-9-22-16(23)13-11(3)21-19(14(13)17(22)24)12-8-6-7-10(2)15(12)20-18(19)25/h6-8,11,13-14,21H,4-5,9H2,1-3H3,(H,20,25)/p+1/t11-,13-,14+,19-/m1/s1. The number of likely N-dealkylation sites (tertiary alicyclic amines) is 1. The van der Waals surface area contributed by atoms with E-state index >= 15 is 0 Å². The summed E-state index contributed by atoms with van der Waals surface area (Å²) >= 11 is 0. The Labute approximate surface area is 147 Å². The number of benzene rings is 1. The summed E-state index contributed by atoms with van der Waals surface area (Å²) in [7, 11) is 0. The number of fused-ring (bicyclic) bond motifs is 4. The summed E-state index contributed by atoms with van der Waals surface area (Å²) < 4.78 is 0. The van der Waals surface area contributed by atoms with Crippen LogP contribution in [-0.4, -0.2) is 35.2 Å². The lowest BCUT2D eigenvalue weighted by atomic mass is 9.76. The summed E-state index contributed by atoms with van der Waals surface area (Å²) in [6.07, 6.45) is 1.71. The van der Waals surface area contributed by atoms with Crippen LogP contribution < -0.4 is 10.6 Å². The minimum Gasteiger partial charge on any atom is -0.326 e. The first-order chi connectivity index (χ1) is 11.9. The van der Waals surface area contributed by atoms with Crippen LogP contribution in [0.2, 0.25) is 0 Å². The Morgan fingerprint density at radius 3 is 2.72 bits per heavy atom. The van der Waals surface area contributed by atoms with Gasteiger partial charge in [0.25, 0.3) is 5.91 Å². The largest absolute Gasteiger partial charge is 0.326 e. The predicted octanol–water partition coefficient (Wildman–Crippen LogP) is 0.509. The molecule has 0 radical (unpaired) electrons. The number of quaternary nitrogens is 1. The lowest BCUT2D eigenvalue weighted by Gasteiger charge is -2.25. The third-order valence-electron chi connectivity index (χ3n) is 6.09. The maximum absolute atomic E-state index is 13.2. The van der Waals surface area contributed by atoms with Crippen LogP contribution in [0.15, 0.2) is 18.2 Å². The van der Waals surface area contributed by atoms with E-state index < -0.39 is 17.4 Å². The summed E-state index contributed by atoms with van der Waals surface area (Å²) in [5.74, 6) is -1.52. The summed E-state index contributed by atoms with van der Waals surface area (Å²) in [5.41, 5.74) is 1.60. The van der Waals surface area contributed by atoms with Crippen molar-refractivity contribution in [2.75, 3.05) is 11.9 Å². The molecule has 4 atom stereocenters.